The summed E-state index contributed by atoms with van der Waals surface area (Å²) in [6, 6.07) is 0. The topological polar surface area (TPSA) is 66.8 Å². The number of rotatable bonds is 6. The van der Waals surface area contributed by atoms with Gasteiger partial charge in [0, 0.05) is 6.61 Å². The Bertz CT molecular complexity index is 154. The van der Waals surface area contributed by atoms with Crippen molar-refractivity contribution in [3.8, 4) is 0 Å². The van der Waals surface area contributed by atoms with Crippen molar-refractivity contribution in [2.45, 2.75) is 38.7 Å². The highest BCUT2D eigenvalue weighted by molar-refractivity contribution is 5.70. The maximum Gasteiger partial charge on any atom is 0.308 e. The van der Waals surface area contributed by atoms with Crippen LogP contribution in [0.15, 0.2) is 0 Å². The molecule has 0 saturated heterocycles. The molecule has 78 valence electrons. The average molecular weight is 190 g/mol. The lowest BCUT2D eigenvalue weighted by Crippen LogP contribution is -2.29. The fraction of sp³-hybridized carbons (Fsp3) is 0.889. The number of carbonyl (C=O) groups is 1. The minimum Gasteiger partial charge on any atom is -0.466 e. The van der Waals surface area contributed by atoms with E-state index in [4.69, 9.17) is 9.84 Å². The molecule has 4 nitrogen and oxygen atoms in total. The van der Waals surface area contributed by atoms with E-state index in [1.54, 1.807) is 13.8 Å². The number of hydrogen-bond donors (Lipinski definition) is 2. The number of carbonyl (C=O) groups excluding carboxylic acids is 1. The van der Waals surface area contributed by atoms with Crippen LogP contribution in [-0.2, 0) is 9.53 Å². The van der Waals surface area contributed by atoms with Gasteiger partial charge in [0.15, 0.2) is 0 Å². The van der Waals surface area contributed by atoms with Crippen LogP contribution in [0.3, 0.4) is 0 Å². The van der Waals surface area contributed by atoms with Crippen LogP contribution in [0.1, 0.15) is 33.1 Å². The first kappa shape index (κ1) is 12.4. The third-order valence-electron chi connectivity index (χ3n) is 1.70. The Labute approximate surface area is 78.5 Å². The third kappa shape index (κ3) is 6.54. The molecule has 1 atom stereocenters. The van der Waals surface area contributed by atoms with Crippen molar-refractivity contribution < 1.29 is 19.7 Å². The smallest absolute Gasteiger partial charge is 0.308 e. The van der Waals surface area contributed by atoms with E-state index >= 15 is 0 Å². The molecule has 0 aliphatic heterocycles. The van der Waals surface area contributed by atoms with Crippen molar-refractivity contribution in [2.75, 3.05) is 13.2 Å². The Morgan fingerprint density at radius 3 is 2.62 bits per heavy atom. The normalized spacial score (nSPS) is 15.1. The van der Waals surface area contributed by atoms with E-state index in [0.717, 1.165) is 0 Å². The molecule has 0 heterocycles. The van der Waals surface area contributed by atoms with Crippen LogP contribution in [0, 0.1) is 0 Å². The zero-order valence-electron chi connectivity index (χ0n) is 8.25. The van der Waals surface area contributed by atoms with E-state index in [2.05, 4.69) is 0 Å². The highest BCUT2D eigenvalue weighted by Crippen LogP contribution is 2.16. The van der Waals surface area contributed by atoms with Gasteiger partial charge in [-0.15, -0.1) is 0 Å². The number of hydrogen-bond acceptors (Lipinski definition) is 4. The van der Waals surface area contributed by atoms with E-state index in [1.807, 2.05) is 0 Å². The van der Waals surface area contributed by atoms with Crippen LogP contribution in [0.5, 0.6) is 0 Å². The Kier molecular flexibility index (Phi) is 5.66. The van der Waals surface area contributed by atoms with E-state index in [-0.39, 0.29) is 13.0 Å². The lowest BCUT2D eigenvalue weighted by atomic mass is 9.96. The lowest BCUT2D eigenvalue weighted by Gasteiger charge is -2.21. The van der Waals surface area contributed by atoms with Crippen LogP contribution in [0.2, 0.25) is 0 Å². The number of esters is 1. The van der Waals surface area contributed by atoms with Gasteiger partial charge in [0.05, 0.1) is 18.6 Å². The van der Waals surface area contributed by atoms with Crippen LogP contribution >= 0.6 is 0 Å². The zero-order chi connectivity index (χ0) is 10.3. The van der Waals surface area contributed by atoms with Crippen molar-refractivity contribution in [3.05, 3.63) is 0 Å². The maximum atomic E-state index is 11.0. The van der Waals surface area contributed by atoms with Gasteiger partial charge in [-0.1, -0.05) is 0 Å². The summed E-state index contributed by atoms with van der Waals surface area (Å²) in [5.74, 6) is -0.398. The summed E-state index contributed by atoms with van der Waals surface area (Å²) in [6.45, 7) is 3.65. The van der Waals surface area contributed by atoms with Crippen molar-refractivity contribution in [2.24, 2.45) is 0 Å². The molecule has 0 aromatic rings. The molecule has 0 spiro atoms. The van der Waals surface area contributed by atoms with E-state index in [1.165, 1.54) is 0 Å². The summed E-state index contributed by atoms with van der Waals surface area (Å²) in [5, 5.41) is 18.2. The summed E-state index contributed by atoms with van der Waals surface area (Å²) in [7, 11) is 0. The fourth-order valence-electron chi connectivity index (χ4n) is 1.07. The van der Waals surface area contributed by atoms with Crippen LogP contribution in [-0.4, -0.2) is 35.0 Å². The third-order valence-corrected chi connectivity index (χ3v) is 1.70. The molecule has 13 heavy (non-hydrogen) atoms. The summed E-state index contributed by atoms with van der Waals surface area (Å²) in [4.78, 5) is 11.0. The minimum absolute atomic E-state index is 0.0131. The SMILES string of the molecule is CCOC(=O)CC(C)(O)CCCO. The molecule has 0 rings (SSSR count). The van der Waals surface area contributed by atoms with Crippen molar-refractivity contribution in [3.63, 3.8) is 0 Å². The van der Waals surface area contributed by atoms with Gasteiger partial charge in [-0.2, -0.15) is 0 Å². The predicted octanol–water partition coefficient (Wildman–Crippen LogP) is 0.463. The van der Waals surface area contributed by atoms with Gasteiger partial charge in [0.1, 0.15) is 0 Å². The highest BCUT2D eigenvalue weighted by Gasteiger charge is 2.24. The average Bonchev–Trinajstić information content (AvgIpc) is 2.00. The molecule has 0 aliphatic rings. The summed E-state index contributed by atoms with van der Waals surface area (Å²) in [5.41, 5.74) is -1.06. The monoisotopic (exact) mass is 190 g/mol. The molecule has 0 bridgehead atoms. The maximum absolute atomic E-state index is 11.0. The van der Waals surface area contributed by atoms with Crippen LogP contribution in [0.4, 0.5) is 0 Å². The molecular weight excluding hydrogens is 172 g/mol. The molecule has 0 fully saturated rings. The molecule has 0 amide bonds. The first-order chi connectivity index (χ1) is 6.02. The first-order valence-corrected chi connectivity index (χ1v) is 4.50. The first-order valence-electron chi connectivity index (χ1n) is 4.50. The standard InChI is InChI=1S/C9H18O4/c1-3-13-8(11)7-9(2,12)5-4-6-10/h10,12H,3-7H2,1-2H3. The molecule has 4 heteroatoms. The van der Waals surface area contributed by atoms with E-state index in [0.29, 0.717) is 19.4 Å². The number of aliphatic hydroxyl groups is 2. The highest BCUT2D eigenvalue weighted by atomic mass is 16.5. The largest absolute Gasteiger partial charge is 0.466 e. The predicted molar refractivity (Wildman–Crippen MR) is 48.2 cm³/mol. The van der Waals surface area contributed by atoms with E-state index in [9.17, 15) is 9.90 Å². The van der Waals surface area contributed by atoms with Gasteiger partial charge in [-0.3, -0.25) is 4.79 Å². The molecule has 0 aliphatic carbocycles. The van der Waals surface area contributed by atoms with Gasteiger partial charge in [0.25, 0.3) is 0 Å². The van der Waals surface area contributed by atoms with Gasteiger partial charge in [-0.05, 0) is 26.7 Å². The minimum atomic E-state index is -1.06. The molecule has 2 N–H and O–H groups in total. The molecule has 1 unspecified atom stereocenters. The molecule has 0 saturated carbocycles. The van der Waals surface area contributed by atoms with Crippen molar-refractivity contribution in [1.29, 1.82) is 0 Å². The number of aliphatic hydroxyl groups excluding tert-OH is 1. The van der Waals surface area contributed by atoms with Crippen LogP contribution < -0.4 is 0 Å². The molecular formula is C9H18O4. The van der Waals surface area contributed by atoms with Gasteiger partial charge in [-0.25, -0.2) is 0 Å². The molecule has 0 aromatic carbocycles. The van der Waals surface area contributed by atoms with Crippen molar-refractivity contribution >= 4 is 5.97 Å². The quantitative estimate of drug-likeness (QED) is 0.597. The Hall–Kier alpha value is -0.610. The second kappa shape index (κ2) is 5.94. The zero-order valence-corrected chi connectivity index (χ0v) is 8.25. The van der Waals surface area contributed by atoms with E-state index < -0.39 is 11.6 Å². The summed E-state index contributed by atoms with van der Waals surface area (Å²) in [6.07, 6.45) is 0.884. The Morgan fingerprint density at radius 2 is 2.15 bits per heavy atom. The fourth-order valence-corrected chi connectivity index (χ4v) is 1.07. The second-order valence-corrected chi connectivity index (χ2v) is 3.31. The van der Waals surface area contributed by atoms with Crippen molar-refractivity contribution in [1.82, 2.24) is 0 Å². The Morgan fingerprint density at radius 1 is 1.54 bits per heavy atom. The van der Waals surface area contributed by atoms with Gasteiger partial charge >= 0.3 is 5.97 Å². The summed E-state index contributed by atoms with van der Waals surface area (Å²) < 4.78 is 4.70. The lowest BCUT2D eigenvalue weighted by molar-refractivity contribution is -0.148. The second-order valence-electron chi connectivity index (χ2n) is 3.31. The van der Waals surface area contributed by atoms with Crippen LogP contribution in [0.25, 0.3) is 0 Å². The molecule has 0 aromatic heterocycles. The Balaban J connectivity index is 3.79. The molecule has 0 radical (unpaired) electrons. The summed E-state index contributed by atoms with van der Waals surface area (Å²) >= 11 is 0. The van der Waals surface area contributed by atoms with Gasteiger partial charge in [0.2, 0.25) is 0 Å². The van der Waals surface area contributed by atoms with Gasteiger partial charge < -0.3 is 14.9 Å². The number of ether oxygens (including phenoxy) is 1.